The molecule has 0 aliphatic heterocycles. The normalized spacial score (nSPS) is 20.1. The van der Waals surface area contributed by atoms with Crippen molar-refractivity contribution in [3.8, 4) is 5.75 Å². The lowest BCUT2D eigenvalue weighted by molar-refractivity contribution is 0.316. The number of aromatic hydroxyl groups is 1. The van der Waals surface area contributed by atoms with Gasteiger partial charge in [-0.05, 0) is 42.4 Å². The van der Waals surface area contributed by atoms with Crippen LogP contribution in [-0.2, 0) is 0 Å². The van der Waals surface area contributed by atoms with E-state index in [4.69, 9.17) is 0 Å². The molecule has 0 spiro atoms. The van der Waals surface area contributed by atoms with Crippen molar-refractivity contribution in [3.05, 3.63) is 29.8 Å². The van der Waals surface area contributed by atoms with Crippen LogP contribution in [0, 0.1) is 5.92 Å². The standard InChI is InChI=1S/C14H20O/c1-11(12-5-3-2-4-6-12)13-7-9-14(15)10-8-13/h7-12,15H,2-6H2,1H3. The first kappa shape index (κ1) is 10.5. The van der Waals surface area contributed by atoms with Gasteiger partial charge >= 0.3 is 0 Å². The topological polar surface area (TPSA) is 20.2 Å². The smallest absolute Gasteiger partial charge is 0.115 e. The summed E-state index contributed by atoms with van der Waals surface area (Å²) in [6.07, 6.45) is 6.96. The lowest BCUT2D eigenvalue weighted by Crippen LogP contribution is -2.13. The summed E-state index contributed by atoms with van der Waals surface area (Å²) < 4.78 is 0. The van der Waals surface area contributed by atoms with Crippen LogP contribution in [-0.4, -0.2) is 5.11 Å². The number of phenolic OH excluding ortho intramolecular Hbond substituents is 1. The predicted molar refractivity (Wildman–Crippen MR) is 63.1 cm³/mol. The van der Waals surface area contributed by atoms with Crippen molar-refractivity contribution in [3.63, 3.8) is 0 Å². The Balaban J connectivity index is 2.05. The van der Waals surface area contributed by atoms with E-state index in [1.807, 2.05) is 0 Å². The second-order valence-corrected chi connectivity index (χ2v) is 4.78. The summed E-state index contributed by atoms with van der Waals surface area (Å²) in [4.78, 5) is 0. The van der Waals surface area contributed by atoms with Gasteiger partial charge in [0.15, 0.2) is 0 Å². The molecule has 1 fully saturated rings. The summed E-state index contributed by atoms with van der Waals surface area (Å²) >= 11 is 0. The van der Waals surface area contributed by atoms with E-state index in [2.05, 4.69) is 19.1 Å². The molecule has 82 valence electrons. The summed E-state index contributed by atoms with van der Waals surface area (Å²) in [5, 5.41) is 9.25. The Bertz CT molecular complexity index is 296. The third-order valence-electron chi connectivity index (χ3n) is 3.78. The van der Waals surface area contributed by atoms with Gasteiger partial charge in [0.05, 0.1) is 0 Å². The first-order valence-electron chi connectivity index (χ1n) is 6.06. The molecular weight excluding hydrogens is 184 g/mol. The maximum Gasteiger partial charge on any atom is 0.115 e. The van der Waals surface area contributed by atoms with Gasteiger partial charge in [-0.1, -0.05) is 38.3 Å². The van der Waals surface area contributed by atoms with Crippen LogP contribution in [0.2, 0.25) is 0 Å². The van der Waals surface area contributed by atoms with Crippen LogP contribution in [0.5, 0.6) is 5.75 Å². The summed E-state index contributed by atoms with van der Waals surface area (Å²) in [7, 11) is 0. The fourth-order valence-electron chi connectivity index (χ4n) is 2.68. The number of rotatable bonds is 2. The van der Waals surface area contributed by atoms with E-state index in [0.29, 0.717) is 11.7 Å². The van der Waals surface area contributed by atoms with Crippen LogP contribution >= 0.6 is 0 Å². The Morgan fingerprint density at radius 2 is 1.67 bits per heavy atom. The minimum absolute atomic E-state index is 0.370. The van der Waals surface area contributed by atoms with E-state index in [-0.39, 0.29) is 0 Å². The van der Waals surface area contributed by atoms with Gasteiger partial charge in [-0.15, -0.1) is 0 Å². The Kier molecular flexibility index (Phi) is 3.30. The zero-order valence-electron chi connectivity index (χ0n) is 9.45. The molecule has 0 amide bonds. The van der Waals surface area contributed by atoms with Crippen molar-refractivity contribution in [2.45, 2.75) is 44.9 Å². The molecule has 1 aromatic carbocycles. The number of benzene rings is 1. The fourth-order valence-corrected chi connectivity index (χ4v) is 2.68. The quantitative estimate of drug-likeness (QED) is 0.769. The Labute approximate surface area is 92.1 Å². The molecule has 1 nitrogen and oxygen atoms in total. The molecule has 0 saturated heterocycles. The first-order valence-corrected chi connectivity index (χ1v) is 6.06. The second-order valence-electron chi connectivity index (χ2n) is 4.78. The van der Waals surface area contributed by atoms with E-state index >= 15 is 0 Å². The van der Waals surface area contributed by atoms with Crippen LogP contribution in [0.3, 0.4) is 0 Å². The van der Waals surface area contributed by atoms with Crippen molar-refractivity contribution in [2.24, 2.45) is 5.92 Å². The Hall–Kier alpha value is -0.980. The van der Waals surface area contributed by atoms with Crippen LogP contribution in [0.1, 0.15) is 50.5 Å². The molecule has 15 heavy (non-hydrogen) atoms. The van der Waals surface area contributed by atoms with E-state index in [1.54, 1.807) is 12.1 Å². The molecular formula is C14H20O. The van der Waals surface area contributed by atoms with Crippen molar-refractivity contribution in [1.29, 1.82) is 0 Å². The molecule has 1 saturated carbocycles. The molecule has 0 bridgehead atoms. The van der Waals surface area contributed by atoms with E-state index in [0.717, 1.165) is 5.92 Å². The maximum absolute atomic E-state index is 9.25. The third kappa shape index (κ3) is 2.53. The maximum atomic E-state index is 9.25. The molecule has 2 rings (SSSR count). The monoisotopic (exact) mass is 204 g/mol. The van der Waals surface area contributed by atoms with Gasteiger partial charge in [0.1, 0.15) is 5.75 Å². The molecule has 0 aromatic heterocycles. The lowest BCUT2D eigenvalue weighted by Gasteiger charge is -2.27. The molecule has 1 aliphatic rings. The summed E-state index contributed by atoms with van der Waals surface area (Å²) in [5.41, 5.74) is 1.37. The molecule has 1 unspecified atom stereocenters. The SMILES string of the molecule is CC(c1ccc(O)cc1)C1CCCCC1. The van der Waals surface area contributed by atoms with Gasteiger partial charge in [-0.25, -0.2) is 0 Å². The summed E-state index contributed by atoms with van der Waals surface area (Å²) in [6, 6.07) is 7.73. The average Bonchev–Trinajstić information content (AvgIpc) is 2.30. The summed E-state index contributed by atoms with van der Waals surface area (Å²) in [6.45, 7) is 2.32. The van der Waals surface area contributed by atoms with Crippen molar-refractivity contribution in [1.82, 2.24) is 0 Å². The lowest BCUT2D eigenvalue weighted by atomic mass is 9.78. The highest BCUT2D eigenvalue weighted by Gasteiger charge is 2.20. The minimum Gasteiger partial charge on any atom is -0.508 e. The number of hydrogen-bond acceptors (Lipinski definition) is 1. The van der Waals surface area contributed by atoms with Crippen molar-refractivity contribution in [2.75, 3.05) is 0 Å². The fraction of sp³-hybridized carbons (Fsp3) is 0.571. The molecule has 1 aliphatic carbocycles. The zero-order chi connectivity index (χ0) is 10.7. The second kappa shape index (κ2) is 4.69. The van der Waals surface area contributed by atoms with Crippen molar-refractivity contribution >= 4 is 0 Å². The first-order chi connectivity index (χ1) is 7.27. The van der Waals surface area contributed by atoms with Gasteiger partial charge in [0.25, 0.3) is 0 Å². The van der Waals surface area contributed by atoms with Gasteiger partial charge in [-0.3, -0.25) is 0 Å². The average molecular weight is 204 g/mol. The summed E-state index contributed by atoms with van der Waals surface area (Å²) in [5.74, 6) is 1.86. The third-order valence-corrected chi connectivity index (χ3v) is 3.78. The van der Waals surface area contributed by atoms with Gasteiger partial charge in [0, 0.05) is 0 Å². The Morgan fingerprint density at radius 1 is 1.07 bits per heavy atom. The zero-order valence-corrected chi connectivity index (χ0v) is 9.45. The molecule has 1 aromatic rings. The highest BCUT2D eigenvalue weighted by molar-refractivity contribution is 5.28. The molecule has 1 heteroatoms. The van der Waals surface area contributed by atoms with Gasteiger partial charge in [-0.2, -0.15) is 0 Å². The molecule has 0 radical (unpaired) electrons. The van der Waals surface area contributed by atoms with Gasteiger partial charge < -0.3 is 5.11 Å². The van der Waals surface area contributed by atoms with Gasteiger partial charge in [0.2, 0.25) is 0 Å². The van der Waals surface area contributed by atoms with Crippen LogP contribution in [0.4, 0.5) is 0 Å². The molecule has 0 heterocycles. The Morgan fingerprint density at radius 3 is 2.27 bits per heavy atom. The highest BCUT2D eigenvalue weighted by atomic mass is 16.3. The van der Waals surface area contributed by atoms with Crippen LogP contribution in [0.15, 0.2) is 24.3 Å². The van der Waals surface area contributed by atoms with Crippen molar-refractivity contribution < 1.29 is 5.11 Å². The minimum atomic E-state index is 0.370. The largest absolute Gasteiger partial charge is 0.508 e. The van der Waals surface area contributed by atoms with E-state index in [9.17, 15) is 5.11 Å². The van der Waals surface area contributed by atoms with Crippen LogP contribution in [0.25, 0.3) is 0 Å². The van der Waals surface area contributed by atoms with E-state index < -0.39 is 0 Å². The number of hydrogen-bond donors (Lipinski definition) is 1. The van der Waals surface area contributed by atoms with Crippen LogP contribution < -0.4 is 0 Å². The molecule has 1 N–H and O–H groups in total. The van der Waals surface area contributed by atoms with E-state index in [1.165, 1.54) is 37.7 Å². The predicted octanol–water partition coefficient (Wildman–Crippen LogP) is 4.08. The number of phenols is 1. The molecule has 1 atom stereocenters. The highest BCUT2D eigenvalue weighted by Crippen LogP contribution is 2.35.